The van der Waals surface area contributed by atoms with Gasteiger partial charge >= 0.3 is 5.97 Å². The van der Waals surface area contributed by atoms with Crippen molar-refractivity contribution >= 4 is 5.97 Å². The molecule has 0 amide bonds. The Kier molecular flexibility index (Phi) is 4.90. The average Bonchev–Trinajstić information content (AvgIpc) is 2.87. The molecule has 0 saturated carbocycles. The highest BCUT2D eigenvalue weighted by atomic mass is 16.5. The third kappa shape index (κ3) is 3.76. The topological polar surface area (TPSA) is 68.5 Å². The Labute approximate surface area is 113 Å². The number of hydrogen-bond donors (Lipinski definition) is 0. The smallest absolute Gasteiger partial charge is 0.310 e. The molecule has 0 bridgehead atoms. The van der Waals surface area contributed by atoms with Gasteiger partial charge in [-0.25, -0.2) is 0 Å². The lowest BCUT2D eigenvalue weighted by Crippen LogP contribution is -2.39. The maximum Gasteiger partial charge on any atom is 0.310 e. The first-order valence-corrected chi connectivity index (χ1v) is 6.93. The Hall–Kier alpha value is -1.43. The predicted octanol–water partition coefficient (Wildman–Crippen LogP) is 1.41. The lowest BCUT2D eigenvalue weighted by Gasteiger charge is -2.30. The average molecular weight is 267 g/mol. The van der Waals surface area contributed by atoms with Crippen LogP contribution in [-0.4, -0.2) is 40.8 Å². The Morgan fingerprint density at radius 1 is 1.42 bits per heavy atom. The minimum absolute atomic E-state index is 0.0257. The van der Waals surface area contributed by atoms with Crippen LogP contribution in [0.4, 0.5) is 0 Å². The van der Waals surface area contributed by atoms with Gasteiger partial charge in [0.1, 0.15) is 0 Å². The minimum Gasteiger partial charge on any atom is -0.466 e. The number of likely N-dealkylation sites (tertiary alicyclic amines) is 1. The Morgan fingerprint density at radius 3 is 2.89 bits per heavy atom. The van der Waals surface area contributed by atoms with Crippen LogP contribution in [0.25, 0.3) is 0 Å². The summed E-state index contributed by atoms with van der Waals surface area (Å²) in [5.74, 6) is 1.17. The quantitative estimate of drug-likeness (QED) is 0.751. The molecule has 0 unspecified atom stereocenters. The third-order valence-corrected chi connectivity index (χ3v) is 3.30. The number of aromatic nitrogens is 2. The van der Waals surface area contributed by atoms with Gasteiger partial charge in [0.2, 0.25) is 11.8 Å². The first-order valence-electron chi connectivity index (χ1n) is 6.93. The number of ether oxygens (including phenoxy) is 1. The lowest BCUT2D eigenvalue weighted by atomic mass is 9.98. The van der Waals surface area contributed by atoms with Crippen LogP contribution >= 0.6 is 0 Å². The van der Waals surface area contributed by atoms with E-state index in [9.17, 15) is 4.79 Å². The second-order valence-corrected chi connectivity index (χ2v) is 4.77. The van der Waals surface area contributed by atoms with Crippen molar-refractivity contribution in [1.82, 2.24) is 15.1 Å². The second kappa shape index (κ2) is 6.65. The highest BCUT2D eigenvalue weighted by Crippen LogP contribution is 2.19. The van der Waals surface area contributed by atoms with E-state index in [2.05, 4.69) is 15.1 Å². The van der Waals surface area contributed by atoms with Gasteiger partial charge < -0.3 is 9.15 Å². The zero-order chi connectivity index (χ0) is 13.7. The highest BCUT2D eigenvalue weighted by molar-refractivity contribution is 5.72. The Bertz CT molecular complexity index is 419. The largest absolute Gasteiger partial charge is 0.466 e. The predicted molar refractivity (Wildman–Crippen MR) is 68.3 cm³/mol. The minimum atomic E-state index is -0.0908. The molecule has 1 saturated heterocycles. The molecule has 1 aromatic rings. The fourth-order valence-electron chi connectivity index (χ4n) is 2.34. The van der Waals surface area contributed by atoms with Crippen LogP contribution in [0.2, 0.25) is 0 Å². The van der Waals surface area contributed by atoms with E-state index in [0.29, 0.717) is 31.5 Å². The van der Waals surface area contributed by atoms with E-state index in [1.54, 1.807) is 0 Å². The van der Waals surface area contributed by atoms with Gasteiger partial charge in [0.15, 0.2) is 0 Å². The van der Waals surface area contributed by atoms with E-state index in [0.717, 1.165) is 25.8 Å². The van der Waals surface area contributed by atoms with E-state index in [4.69, 9.17) is 9.15 Å². The van der Waals surface area contributed by atoms with E-state index in [1.165, 1.54) is 0 Å². The van der Waals surface area contributed by atoms with E-state index in [1.807, 2.05) is 13.8 Å². The third-order valence-electron chi connectivity index (χ3n) is 3.30. The number of nitrogens with zero attached hydrogens (tertiary/aromatic N) is 3. The van der Waals surface area contributed by atoms with Crippen molar-refractivity contribution in [3.8, 4) is 0 Å². The first-order chi connectivity index (χ1) is 9.22. The molecule has 6 nitrogen and oxygen atoms in total. The fraction of sp³-hybridized carbons (Fsp3) is 0.769. The molecule has 1 fully saturated rings. The number of aryl methyl sites for hydroxylation is 1. The van der Waals surface area contributed by atoms with Gasteiger partial charge in [-0.1, -0.05) is 6.92 Å². The number of carbonyl (C=O) groups is 1. The van der Waals surface area contributed by atoms with Crippen LogP contribution in [0.1, 0.15) is 38.5 Å². The van der Waals surface area contributed by atoms with Gasteiger partial charge in [-0.2, -0.15) is 0 Å². The van der Waals surface area contributed by atoms with Crippen LogP contribution < -0.4 is 0 Å². The summed E-state index contributed by atoms with van der Waals surface area (Å²) in [4.78, 5) is 13.9. The maximum absolute atomic E-state index is 11.7. The van der Waals surface area contributed by atoms with Crippen molar-refractivity contribution in [3.05, 3.63) is 11.8 Å². The van der Waals surface area contributed by atoms with E-state index < -0.39 is 0 Å². The molecule has 1 aromatic heterocycles. The highest BCUT2D eigenvalue weighted by Gasteiger charge is 2.27. The summed E-state index contributed by atoms with van der Waals surface area (Å²) >= 11 is 0. The van der Waals surface area contributed by atoms with Gasteiger partial charge in [-0.15, -0.1) is 10.2 Å². The van der Waals surface area contributed by atoms with Crippen molar-refractivity contribution in [2.24, 2.45) is 5.92 Å². The van der Waals surface area contributed by atoms with Gasteiger partial charge in [0, 0.05) is 13.0 Å². The van der Waals surface area contributed by atoms with Gasteiger partial charge in [-0.05, 0) is 26.3 Å². The number of esters is 1. The number of hydrogen-bond acceptors (Lipinski definition) is 6. The van der Waals surface area contributed by atoms with Crippen LogP contribution in [0, 0.1) is 5.92 Å². The molecular weight excluding hydrogens is 246 g/mol. The van der Waals surface area contributed by atoms with Crippen molar-refractivity contribution in [2.45, 2.75) is 39.7 Å². The zero-order valence-electron chi connectivity index (χ0n) is 11.6. The molecule has 1 aliphatic heterocycles. The van der Waals surface area contributed by atoms with E-state index in [-0.39, 0.29) is 11.9 Å². The molecule has 0 radical (unpaired) electrons. The second-order valence-electron chi connectivity index (χ2n) is 4.77. The molecule has 0 spiro atoms. The summed E-state index contributed by atoms with van der Waals surface area (Å²) in [5, 5.41) is 7.96. The summed E-state index contributed by atoms with van der Waals surface area (Å²) in [5.41, 5.74) is 0. The molecular formula is C13H21N3O3. The maximum atomic E-state index is 11.7. The molecule has 1 atom stereocenters. The number of rotatable bonds is 5. The van der Waals surface area contributed by atoms with Gasteiger partial charge in [0.25, 0.3) is 0 Å². The molecule has 0 aliphatic carbocycles. The van der Waals surface area contributed by atoms with Crippen LogP contribution in [-0.2, 0) is 22.5 Å². The van der Waals surface area contributed by atoms with Gasteiger partial charge in [0.05, 0.1) is 19.1 Å². The molecule has 2 heterocycles. The molecule has 2 rings (SSSR count). The SMILES string of the molecule is CCOC(=O)[C@@H]1CCCN(Cc2nnc(CC)o2)C1. The number of carbonyl (C=O) groups excluding carboxylic acids is 1. The number of piperidine rings is 1. The molecule has 0 aromatic carbocycles. The standard InChI is InChI=1S/C13H21N3O3/c1-3-11-14-15-12(19-11)9-16-7-5-6-10(8-16)13(17)18-4-2/h10H,3-9H2,1-2H3/t10-/m1/s1. The summed E-state index contributed by atoms with van der Waals surface area (Å²) in [7, 11) is 0. The summed E-state index contributed by atoms with van der Waals surface area (Å²) in [6, 6.07) is 0. The summed E-state index contributed by atoms with van der Waals surface area (Å²) < 4.78 is 10.6. The van der Waals surface area contributed by atoms with Crippen LogP contribution in [0.15, 0.2) is 4.42 Å². The molecule has 6 heteroatoms. The van der Waals surface area contributed by atoms with Crippen LogP contribution in [0.5, 0.6) is 0 Å². The lowest BCUT2D eigenvalue weighted by molar-refractivity contribution is -0.150. The zero-order valence-corrected chi connectivity index (χ0v) is 11.6. The monoisotopic (exact) mass is 267 g/mol. The Balaban J connectivity index is 1.88. The van der Waals surface area contributed by atoms with Gasteiger partial charge in [-0.3, -0.25) is 9.69 Å². The normalized spacial score (nSPS) is 20.4. The van der Waals surface area contributed by atoms with Crippen molar-refractivity contribution in [1.29, 1.82) is 0 Å². The summed E-state index contributed by atoms with van der Waals surface area (Å²) in [6.45, 7) is 6.54. The summed E-state index contributed by atoms with van der Waals surface area (Å²) in [6.07, 6.45) is 2.65. The van der Waals surface area contributed by atoms with Crippen LogP contribution in [0.3, 0.4) is 0 Å². The fourth-order valence-corrected chi connectivity index (χ4v) is 2.34. The van der Waals surface area contributed by atoms with E-state index >= 15 is 0 Å². The Morgan fingerprint density at radius 2 is 2.21 bits per heavy atom. The first kappa shape index (κ1) is 14.0. The molecule has 106 valence electrons. The van der Waals surface area contributed by atoms with Crippen molar-refractivity contribution in [2.75, 3.05) is 19.7 Å². The van der Waals surface area contributed by atoms with Crippen molar-refractivity contribution in [3.63, 3.8) is 0 Å². The molecule has 19 heavy (non-hydrogen) atoms. The molecule has 0 N–H and O–H groups in total. The molecule has 1 aliphatic rings. The van der Waals surface area contributed by atoms with Crippen molar-refractivity contribution < 1.29 is 13.9 Å².